The molecule has 2 amide bonds. The van der Waals surface area contributed by atoms with Crippen molar-refractivity contribution in [3.8, 4) is 11.3 Å². The number of carbonyl (C=O) groups is 2. The van der Waals surface area contributed by atoms with E-state index in [1.165, 1.54) is 0 Å². The van der Waals surface area contributed by atoms with E-state index in [-0.39, 0.29) is 11.8 Å². The van der Waals surface area contributed by atoms with Crippen LogP contribution < -0.4 is 5.32 Å². The molecular formula is C31H27N5O2. The quantitative estimate of drug-likeness (QED) is 0.350. The predicted molar refractivity (Wildman–Crippen MR) is 147 cm³/mol. The maximum Gasteiger partial charge on any atom is 0.254 e. The number of amides is 2. The minimum absolute atomic E-state index is 0.0167. The van der Waals surface area contributed by atoms with Gasteiger partial charge in [-0.25, -0.2) is 0 Å². The second-order valence-electron chi connectivity index (χ2n) is 9.51. The molecule has 2 aromatic heterocycles. The molecule has 38 heavy (non-hydrogen) atoms. The van der Waals surface area contributed by atoms with E-state index in [1.807, 2.05) is 83.8 Å². The van der Waals surface area contributed by atoms with Crippen molar-refractivity contribution in [2.75, 3.05) is 13.1 Å². The SMILES string of the molecule is O=C(NCCc1cc(-c2ccccc2)[nH]n1)c1ccc2c(c1)CCN(C(=O)c1cccc3cnccc13)C2. The van der Waals surface area contributed by atoms with Gasteiger partial charge >= 0.3 is 0 Å². The summed E-state index contributed by atoms with van der Waals surface area (Å²) in [5.41, 5.74) is 6.47. The van der Waals surface area contributed by atoms with Crippen LogP contribution in [0.1, 0.15) is 37.5 Å². The Labute approximate surface area is 220 Å². The number of hydrogen-bond acceptors (Lipinski definition) is 4. The lowest BCUT2D eigenvalue weighted by atomic mass is 9.96. The van der Waals surface area contributed by atoms with Crippen LogP contribution in [0.2, 0.25) is 0 Å². The van der Waals surface area contributed by atoms with Gasteiger partial charge in [-0.15, -0.1) is 0 Å². The summed E-state index contributed by atoms with van der Waals surface area (Å²) < 4.78 is 0. The molecule has 7 nitrogen and oxygen atoms in total. The van der Waals surface area contributed by atoms with Gasteiger partial charge in [0.2, 0.25) is 0 Å². The molecule has 7 heteroatoms. The summed E-state index contributed by atoms with van der Waals surface area (Å²) >= 11 is 0. The molecule has 0 atom stereocenters. The number of hydrogen-bond donors (Lipinski definition) is 2. The van der Waals surface area contributed by atoms with Gasteiger partial charge in [0, 0.05) is 55.0 Å². The van der Waals surface area contributed by atoms with Gasteiger partial charge in [0.15, 0.2) is 0 Å². The maximum absolute atomic E-state index is 13.4. The van der Waals surface area contributed by atoms with Crippen molar-refractivity contribution in [3.05, 3.63) is 119 Å². The van der Waals surface area contributed by atoms with Gasteiger partial charge in [-0.05, 0) is 58.8 Å². The number of benzene rings is 3. The molecule has 3 aromatic carbocycles. The van der Waals surface area contributed by atoms with Crippen molar-refractivity contribution in [2.45, 2.75) is 19.4 Å². The van der Waals surface area contributed by atoms with Crippen molar-refractivity contribution in [1.29, 1.82) is 0 Å². The van der Waals surface area contributed by atoms with Crippen LogP contribution in [0, 0.1) is 0 Å². The number of aromatic amines is 1. The number of fused-ring (bicyclic) bond motifs is 2. The second-order valence-corrected chi connectivity index (χ2v) is 9.51. The molecule has 0 saturated carbocycles. The van der Waals surface area contributed by atoms with Gasteiger partial charge in [-0.1, -0.05) is 48.5 Å². The van der Waals surface area contributed by atoms with E-state index >= 15 is 0 Å². The first kappa shape index (κ1) is 23.6. The largest absolute Gasteiger partial charge is 0.352 e. The first-order chi connectivity index (χ1) is 18.7. The van der Waals surface area contributed by atoms with Gasteiger partial charge in [0.25, 0.3) is 11.8 Å². The Morgan fingerprint density at radius 2 is 1.84 bits per heavy atom. The highest BCUT2D eigenvalue weighted by Gasteiger charge is 2.24. The summed E-state index contributed by atoms with van der Waals surface area (Å²) in [6.45, 7) is 1.64. The Hall–Kier alpha value is -4.78. The molecule has 0 bridgehead atoms. The van der Waals surface area contributed by atoms with Crippen molar-refractivity contribution >= 4 is 22.6 Å². The summed E-state index contributed by atoms with van der Waals surface area (Å²) in [6, 6.07) is 25.4. The molecule has 0 fully saturated rings. The average molecular weight is 502 g/mol. The maximum atomic E-state index is 13.4. The molecule has 6 rings (SSSR count). The Balaban J connectivity index is 1.07. The van der Waals surface area contributed by atoms with Crippen LogP contribution in [0.5, 0.6) is 0 Å². The molecule has 0 aliphatic carbocycles. The summed E-state index contributed by atoms with van der Waals surface area (Å²) in [7, 11) is 0. The molecule has 1 aliphatic heterocycles. The summed E-state index contributed by atoms with van der Waals surface area (Å²) in [5.74, 6) is -0.0856. The highest BCUT2D eigenvalue weighted by molar-refractivity contribution is 6.06. The standard InChI is InChI=1S/C31H27N5O2/c37-30(33-15-11-26-18-29(35-34-26)21-5-2-1-3-6-21)23-9-10-25-20-36(16-13-22(25)17-23)31(38)28-8-4-7-24-19-32-14-12-27(24)28/h1-10,12,14,17-19H,11,13,15-16,20H2,(H,33,37)(H,34,35). The van der Waals surface area contributed by atoms with Gasteiger partial charge in [-0.3, -0.25) is 19.7 Å². The second kappa shape index (κ2) is 10.3. The van der Waals surface area contributed by atoms with E-state index in [0.29, 0.717) is 43.6 Å². The van der Waals surface area contributed by atoms with Crippen LogP contribution in [0.4, 0.5) is 0 Å². The topological polar surface area (TPSA) is 91.0 Å². The van der Waals surface area contributed by atoms with Crippen molar-refractivity contribution < 1.29 is 9.59 Å². The average Bonchev–Trinajstić information content (AvgIpc) is 3.45. The smallest absolute Gasteiger partial charge is 0.254 e. The molecule has 0 saturated heterocycles. The Kier molecular flexibility index (Phi) is 6.40. The lowest BCUT2D eigenvalue weighted by Gasteiger charge is -2.29. The van der Waals surface area contributed by atoms with Gasteiger partial charge < -0.3 is 10.2 Å². The monoisotopic (exact) mass is 501 g/mol. The lowest BCUT2D eigenvalue weighted by Crippen LogP contribution is -2.36. The normalized spacial score (nSPS) is 12.8. The van der Waals surface area contributed by atoms with Gasteiger partial charge in [0.05, 0.1) is 11.4 Å². The minimum Gasteiger partial charge on any atom is -0.352 e. The van der Waals surface area contributed by atoms with Crippen LogP contribution in [0.15, 0.2) is 91.3 Å². The number of rotatable bonds is 6. The van der Waals surface area contributed by atoms with Crippen molar-refractivity contribution in [1.82, 2.24) is 25.4 Å². The lowest BCUT2D eigenvalue weighted by molar-refractivity contribution is 0.0736. The summed E-state index contributed by atoms with van der Waals surface area (Å²) in [5, 5.41) is 12.3. The first-order valence-corrected chi connectivity index (χ1v) is 12.8. The van der Waals surface area contributed by atoms with E-state index in [0.717, 1.165) is 38.9 Å². The third-order valence-electron chi connectivity index (χ3n) is 7.06. The molecule has 0 radical (unpaired) electrons. The van der Waals surface area contributed by atoms with Crippen LogP contribution in [-0.2, 0) is 19.4 Å². The molecule has 0 unspecified atom stereocenters. The number of aromatic nitrogens is 3. The van der Waals surface area contributed by atoms with Crippen LogP contribution in [0.3, 0.4) is 0 Å². The van der Waals surface area contributed by atoms with E-state index < -0.39 is 0 Å². The van der Waals surface area contributed by atoms with Crippen LogP contribution >= 0.6 is 0 Å². The van der Waals surface area contributed by atoms with Gasteiger partial charge in [-0.2, -0.15) is 5.10 Å². The van der Waals surface area contributed by atoms with Crippen LogP contribution in [-0.4, -0.2) is 45.0 Å². The Morgan fingerprint density at radius 3 is 2.74 bits per heavy atom. The molecule has 2 N–H and O–H groups in total. The number of nitrogens with one attached hydrogen (secondary N) is 2. The molecule has 3 heterocycles. The number of carbonyl (C=O) groups excluding carboxylic acids is 2. The first-order valence-electron chi connectivity index (χ1n) is 12.8. The fourth-order valence-corrected chi connectivity index (χ4v) is 5.01. The molecule has 188 valence electrons. The van der Waals surface area contributed by atoms with E-state index in [2.05, 4.69) is 20.5 Å². The van der Waals surface area contributed by atoms with Crippen molar-refractivity contribution in [2.24, 2.45) is 0 Å². The molecule has 5 aromatic rings. The zero-order valence-electron chi connectivity index (χ0n) is 20.9. The fraction of sp³-hybridized carbons (Fsp3) is 0.161. The third-order valence-corrected chi connectivity index (χ3v) is 7.06. The highest BCUT2D eigenvalue weighted by atomic mass is 16.2. The van der Waals surface area contributed by atoms with Crippen LogP contribution in [0.25, 0.3) is 22.0 Å². The third kappa shape index (κ3) is 4.78. The fourth-order valence-electron chi connectivity index (χ4n) is 5.01. The van der Waals surface area contributed by atoms with Gasteiger partial charge in [0.1, 0.15) is 0 Å². The van der Waals surface area contributed by atoms with Crippen molar-refractivity contribution in [3.63, 3.8) is 0 Å². The number of H-pyrrole nitrogens is 1. The molecule has 0 spiro atoms. The zero-order chi connectivity index (χ0) is 25.9. The molecule has 1 aliphatic rings. The number of nitrogens with zero attached hydrogens (tertiary/aromatic N) is 3. The Bertz CT molecular complexity index is 1620. The number of pyridine rings is 1. The predicted octanol–water partition coefficient (Wildman–Crippen LogP) is 4.80. The minimum atomic E-state index is -0.102. The highest BCUT2D eigenvalue weighted by Crippen LogP contribution is 2.25. The zero-order valence-corrected chi connectivity index (χ0v) is 20.9. The van der Waals surface area contributed by atoms with E-state index in [4.69, 9.17) is 0 Å². The summed E-state index contributed by atoms with van der Waals surface area (Å²) in [6.07, 6.45) is 4.85. The van der Waals surface area contributed by atoms with E-state index in [1.54, 1.807) is 12.4 Å². The molecular weight excluding hydrogens is 474 g/mol. The van der Waals surface area contributed by atoms with E-state index in [9.17, 15) is 9.59 Å². The summed E-state index contributed by atoms with van der Waals surface area (Å²) in [4.78, 5) is 32.2. The Morgan fingerprint density at radius 1 is 0.947 bits per heavy atom.